The third kappa shape index (κ3) is 3.16. The van der Waals surface area contributed by atoms with Crippen LogP contribution in [0.15, 0.2) is 24.3 Å². The Morgan fingerprint density at radius 3 is 2.59 bits per heavy atom. The minimum atomic E-state index is -1.18. The van der Waals surface area contributed by atoms with E-state index in [1.165, 1.54) is 0 Å². The molecular weight excluding hydrogens is 364 g/mol. The van der Waals surface area contributed by atoms with Crippen LogP contribution in [0.25, 0.3) is 0 Å². The van der Waals surface area contributed by atoms with Gasteiger partial charge in [-0.25, -0.2) is 0 Å². The lowest BCUT2D eigenvalue weighted by molar-refractivity contribution is -0.133. The van der Waals surface area contributed by atoms with E-state index in [1.807, 2.05) is 21.9 Å². The molecule has 146 valence electrons. The molecule has 0 bridgehead atoms. The number of piperidine rings is 1. The third-order valence-corrected chi connectivity index (χ3v) is 8.19. The zero-order chi connectivity index (χ0) is 19.0. The van der Waals surface area contributed by atoms with Crippen LogP contribution in [0, 0.1) is 0 Å². The zero-order valence-electron chi connectivity index (χ0n) is 15.7. The number of likely N-dealkylation sites (tertiary alicyclic amines) is 1. The average molecular weight is 391 g/mol. The molecule has 0 N–H and O–H groups in total. The van der Waals surface area contributed by atoms with Crippen LogP contribution in [0.1, 0.15) is 48.9 Å². The van der Waals surface area contributed by atoms with E-state index in [1.54, 1.807) is 19.2 Å². The molecule has 2 amide bonds. The number of hydrogen-bond donors (Lipinski definition) is 0. The van der Waals surface area contributed by atoms with Crippen LogP contribution in [0.4, 0.5) is 0 Å². The number of benzene rings is 1. The maximum absolute atomic E-state index is 12.9. The van der Waals surface area contributed by atoms with Gasteiger partial charge in [-0.3, -0.25) is 13.8 Å². The molecule has 1 saturated carbocycles. The van der Waals surface area contributed by atoms with E-state index in [-0.39, 0.29) is 23.6 Å². The summed E-state index contributed by atoms with van der Waals surface area (Å²) in [5.41, 5.74) is 0.599. The molecule has 2 heterocycles. The smallest absolute Gasteiger partial charge is 0.253 e. The molecular formula is C20H26N2O4S. The summed E-state index contributed by atoms with van der Waals surface area (Å²) in [4.78, 5) is 28.7. The van der Waals surface area contributed by atoms with Crippen molar-refractivity contribution in [2.45, 2.75) is 49.4 Å². The molecule has 2 saturated heterocycles. The van der Waals surface area contributed by atoms with Gasteiger partial charge < -0.3 is 14.5 Å². The fourth-order valence-corrected chi connectivity index (χ4v) is 6.56. The average Bonchev–Trinajstić information content (AvgIpc) is 3.29. The zero-order valence-corrected chi connectivity index (χ0v) is 16.5. The monoisotopic (exact) mass is 390 g/mol. The highest BCUT2D eigenvalue weighted by Gasteiger charge is 2.55. The fourth-order valence-electron chi connectivity index (χ4n) is 4.82. The predicted molar refractivity (Wildman–Crippen MR) is 103 cm³/mol. The Morgan fingerprint density at radius 1 is 1.22 bits per heavy atom. The normalized spacial score (nSPS) is 25.4. The third-order valence-electron chi connectivity index (χ3n) is 6.22. The standard InChI is InChI=1S/C20H26N2O4S/c1-26-17-8-4-5-15(13-17)19(24)21-11-9-20(10-12-21)22(16-6-2-3-7-16)18(23)14-27(20)25/h4-5,8,13,16H,2-3,6-7,9-12,14H2,1H3. The van der Waals surface area contributed by atoms with Gasteiger partial charge in [0.2, 0.25) is 5.91 Å². The second kappa shape index (κ2) is 7.26. The summed E-state index contributed by atoms with van der Waals surface area (Å²) in [6.07, 6.45) is 5.48. The van der Waals surface area contributed by atoms with Crippen LogP contribution >= 0.6 is 0 Å². The van der Waals surface area contributed by atoms with E-state index >= 15 is 0 Å². The number of carbonyl (C=O) groups excluding carboxylic acids is 2. The number of amides is 2. The number of ether oxygens (including phenoxy) is 1. The summed E-state index contributed by atoms with van der Waals surface area (Å²) in [6, 6.07) is 7.38. The highest BCUT2D eigenvalue weighted by molar-refractivity contribution is 7.87. The first-order valence-corrected chi connectivity index (χ1v) is 11.0. The number of methoxy groups -OCH3 is 1. The van der Waals surface area contributed by atoms with Gasteiger partial charge in [-0.15, -0.1) is 0 Å². The summed E-state index contributed by atoms with van der Waals surface area (Å²) in [5, 5.41) is 0. The number of hydrogen-bond acceptors (Lipinski definition) is 4. The molecule has 1 aromatic rings. The van der Waals surface area contributed by atoms with E-state index in [9.17, 15) is 13.8 Å². The number of carbonyl (C=O) groups is 2. The van der Waals surface area contributed by atoms with E-state index < -0.39 is 15.7 Å². The van der Waals surface area contributed by atoms with Gasteiger partial charge in [-0.2, -0.15) is 0 Å². The van der Waals surface area contributed by atoms with Crippen molar-refractivity contribution in [1.29, 1.82) is 0 Å². The van der Waals surface area contributed by atoms with Crippen molar-refractivity contribution in [3.05, 3.63) is 29.8 Å². The van der Waals surface area contributed by atoms with Gasteiger partial charge in [-0.05, 0) is 31.0 Å². The van der Waals surface area contributed by atoms with Crippen LogP contribution in [0.3, 0.4) is 0 Å². The summed E-state index contributed by atoms with van der Waals surface area (Å²) in [5.74, 6) is 0.795. The van der Waals surface area contributed by atoms with Crippen LogP contribution in [0.5, 0.6) is 5.75 Å². The van der Waals surface area contributed by atoms with Crippen molar-refractivity contribution in [3.8, 4) is 5.75 Å². The van der Waals surface area contributed by atoms with Gasteiger partial charge in [0, 0.05) is 37.5 Å². The van der Waals surface area contributed by atoms with Gasteiger partial charge in [-0.1, -0.05) is 18.9 Å². The Kier molecular flexibility index (Phi) is 4.97. The molecule has 1 aromatic carbocycles. The minimum absolute atomic E-state index is 0.0350. The molecule has 0 radical (unpaired) electrons. The van der Waals surface area contributed by atoms with E-state index in [0.717, 1.165) is 25.7 Å². The molecule has 27 heavy (non-hydrogen) atoms. The van der Waals surface area contributed by atoms with Crippen LogP contribution in [-0.4, -0.2) is 62.7 Å². The lowest BCUT2D eigenvalue weighted by Gasteiger charge is -2.45. The van der Waals surface area contributed by atoms with Crippen LogP contribution in [0.2, 0.25) is 0 Å². The molecule has 1 unspecified atom stereocenters. The highest BCUT2D eigenvalue weighted by Crippen LogP contribution is 2.42. The maximum atomic E-state index is 12.9. The van der Waals surface area contributed by atoms with E-state index in [2.05, 4.69) is 0 Å². The van der Waals surface area contributed by atoms with Gasteiger partial charge >= 0.3 is 0 Å². The van der Waals surface area contributed by atoms with Crippen LogP contribution < -0.4 is 4.74 Å². The highest BCUT2D eigenvalue weighted by atomic mass is 32.2. The van der Waals surface area contributed by atoms with Gasteiger partial charge in [0.1, 0.15) is 16.4 Å². The SMILES string of the molecule is COc1cccc(C(=O)N2CCC3(CC2)N(C2CCCC2)C(=O)CS3=O)c1. The number of rotatable bonds is 3. The largest absolute Gasteiger partial charge is 0.497 e. The van der Waals surface area contributed by atoms with Gasteiger partial charge in [0.25, 0.3) is 5.91 Å². The molecule has 3 aliphatic rings. The quantitative estimate of drug-likeness (QED) is 0.793. The van der Waals surface area contributed by atoms with Crippen molar-refractivity contribution in [2.24, 2.45) is 0 Å². The summed E-state index contributed by atoms with van der Waals surface area (Å²) >= 11 is 0. The Hall–Kier alpha value is -1.89. The Bertz CT molecular complexity index is 767. The molecule has 6 nitrogen and oxygen atoms in total. The molecule has 7 heteroatoms. The molecule has 0 aromatic heterocycles. The molecule has 3 fully saturated rings. The second-order valence-electron chi connectivity index (χ2n) is 7.66. The van der Waals surface area contributed by atoms with Gasteiger partial charge in [0.15, 0.2) is 0 Å². The maximum Gasteiger partial charge on any atom is 0.253 e. The van der Waals surface area contributed by atoms with Crippen molar-refractivity contribution < 1.29 is 18.5 Å². The predicted octanol–water partition coefficient (Wildman–Crippen LogP) is 2.16. The molecule has 4 rings (SSSR count). The van der Waals surface area contributed by atoms with Crippen molar-refractivity contribution >= 4 is 22.6 Å². The van der Waals surface area contributed by atoms with Gasteiger partial charge in [0.05, 0.1) is 17.9 Å². The molecule has 2 aliphatic heterocycles. The topological polar surface area (TPSA) is 66.9 Å². The summed E-state index contributed by atoms with van der Waals surface area (Å²) < 4.78 is 18.1. The second-order valence-corrected chi connectivity index (χ2v) is 9.40. The van der Waals surface area contributed by atoms with Crippen LogP contribution in [-0.2, 0) is 15.6 Å². The fraction of sp³-hybridized carbons (Fsp3) is 0.600. The van der Waals surface area contributed by atoms with Crippen molar-refractivity contribution in [1.82, 2.24) is 9.80 Å². The molecule has 1 spiro atoms. The summed E-state index contributed by atoms with van der Waals surface area (Å²) in [6.45, 7) is 1.05. The lowest BCUT2D eigenvalue weighted by atomic mass is 9.98. The van der Waals surface area contributed by atoms with E-state index in [4.69, 9.17) is 4.74 Å². The van der Waals surface area contributed by atoms with E-state index in [0.29, 0.717) is 37.2 Å². The molecule has 1 aliphatic carbocycles. The van der Waals surface area contributed by atoms with Crippen molar-refractivity contribution in [2.75, 3.05) is 26.0 Å². The number of nitrogens with zero attached hydrogens (tertiary/aromatic N) is 2. The Labute approximate surface area is 162 Å². The molecule has 1 atom stereocenters. The first-order chi connectivity index (χ1) is 13.0. The Morgan fingerprint density at radius 2 is 1.93 bits per heavy atom. The Balaban J connectivity index is 1.50. The lowest BCUT2D eigenvalue weighted by Crippen LogP contribution is -2.58. The van der Waals surface area contributed by atoms with Crippen molar-refractivity contribution in [3.63, 3.8) is 0 Å². The first-order valence-electron chi connectivity index (χ1n) is 9.69. The minimum Gasteiger partial charge on any atom is -0.497 e. The first kappa shape index (κ1) is 18.5. The summed E-state index contributed by atoms with van der Waals surface area (Å²) in [7, 11) is 0.398.